The van der Waals surface area contributed by atoms with Gasteiger partial charge in [-0.1, -0.05) is 18.2 Å². The van der Waals surface area contributed by atoms with E-state index in [1.807, 2.05) is 0 Å². The molecular weight excluding hydrogens is 287 g/mol. The maximum absolute atomic E-state index is 12.8. The van der Waals surface area contributed by atoms with Crippen molar-refractivity contribution < 1.29 is 27.8 Å². The Hall–Kier alpha value is -1.60. The Morgan fingerprint density at radius 3 is 2.67 bits per heavy atom. The van der Waals surface area contributed by atoms with Crippen molar-refractivity contribution in [2.45, 2.75) is 37.8 Å². The molecule has 2 unspecified atom stereocenters. The molecule has 116 valence electrons. The second kappa shape index (κ2) is 6.44. The molecule has 1 aromatic rings. The number of alkyl halides is 3. The zero-order valence-corrected chi connectivity index (χ0v) is 11.2. The number of ether oxygens (including phenoxy) is 1. The molecule has 1 aliphatic heterocycles. The van der Waals surface area contributed by atoms with Gasteiger partial charge in [0, 0.05) is 13.1 Å². The minimum Gasteiger partial charge on any atom is -0.479 e. The van der Waals surface area contributed by atoms with Gasteiger partial charge in [0.1, 0.15) is 0 Å². The Morgan fingerprint density at radius 2 is 2.05 bits per heavy atom. The van der Waals surface area contributed by atoms with Crippen molar-refractivity contribution in [1.29, 1.82) is 0 Å². The van der Waals surface area contributed by atoms with Crippen LogP contribution in [0, 0.1) is 0 Å². The van der Waals surface area contributed by atoms with Gasteiger partial charge in [-0.2, -0.15) is 13.2 Å². The Balaban J connectivity index is 1.86. The molecule has 1 aliphatic rings. The van der Waals surface area contributed by atoms with Crippen LogP contribution in [0.2, 0.25) is 0 Å². The van der Waals surface area contributed by atoms with Crippen molar-refractivity contribution in [2.75, 3.05) is 6.54 Å². The predicted molar refractivity (Wildman–Crippen MR) is 68.7 cm³/mol. The van der Waals surface area contributed by atoms with E-state index in [2.05, 4.69) is 5.32 Å². The zero-order valence-electron chi connectivity index (χ0n) is 11.2. The maximum atomic E-state index is 12.8. The number of carbonyl (C=O) groups is 1. The highest BCUT2D eigenvalue weighted by molar-refractivity contribution is 5.72. The molecule has 2 rings (SSSR count). The number of rotatable bonds is 5. The molecule has 1 saturated heterocycles. The van der Waals surface area contributed by atoms with Crippen LogP contribution in [0.25, 0.3) is 0 Å². The SMILES string of the molecule is O=C(O)C1CCC(CNCc2ccccc2C(F)(F)F)O1. The lowest BCUT2D eigenvalue weighted by atomic mass is 10.1. The molecule has 1 heterocycles. The number of nitrogens with one attached hydrogen (secondary N) is 1. The van der Waals surface area contributed by atoms with E-state index in [0.717, 1.165) is 6.07 Å². The van der Waals surface area contributed by atoms with E-state index in [0.29, 0.717) is 19.4 Å². The largest absolute Gasteiger partial charge is 0.479 e. The molecule has 0 spiro atoms. The lowest BCUT2D eigenvalue weighted by Crippen LogP contribution is -2.29. The number of carboxylic acid groups (broad SMARTS) is 1. The molecule has 2 atom stereocenters. The second-order valence-electron chi connectivity index (χ2n) is 4.95. The van der Waals surface area contributed by atoms with E-state index in [1.54, 1.807) is 6.07 Å². The van der Waals surface area contributed by atoms with Crippen molar-refractivity contribution in [1.82, 2.24) is 5.32 Å². The summed E-state index contributed by atoms with van der Waals surface area (Å²) in [7, 11) is 0. The van der Waals surface area contributed by atoms with Gasteiger partial charge < -0.3 is 15.2 Å². The van der Waals surface area contributed by atoms with Crippen LogP contribution in [0.3, 0.4) is 0 Å². The van der Waals surface area contributed by atoms with Crippen LogP contribution >= 0.6 is 0 Å². The van der Waals surface area contributed by atoms with E-state index in [-0.39, 0.29) is 18.2 Å². The number of benzene rings is 1. The van der Waals surface area contributed by atoms with Gasteiger partial charge in [-0.15, -0.1) is 0 Å². The fourth-order valence-corrected chi connectivity index (χ4v) is 2.36. The molecule has 0 saturated carbocycles. The maximum Gasteiger partial charge on any atom is 0.416 e. The van der Waals surface area contributed by atoms with Crippen LogP contribution in [-0.4, -0.2) is 29.8 Å². The number of carboxylic acids is 1. The molecule has 2 N–H and O–H groups in total. The van der Waals surface area contributed by atoms with Crippen LogP contribution in [0.1, 0.15) is 24.0 Å². The van der Waals surface area contributed by atoms with E-state index in [4.69, 9.17) is 9.84 Å². The van der Waals surface area contributed by atoms with Crippen molar-refractivity contribution in [3.63, 3.8) is 0 Å². The smallest absolute Gasteiger partial charge is 0.416 e. The summed E-state index contributed by atoms with van der Waals surface area (Å²) in [5.74, 6) is -1.00. The predicted octanol–water partition coefficient (Wildman–Crippen LogP) is 2.43. The van der Waals surface area contributed by atoms with Gasteiger partial charge in [0.25, 0.3) is 0 Å². The summed E-state index contributed by atoms with van der Waals surface area (Å²) in [5.41, 5.74) is -0.494. The monoisotopic (exact) mass is 303 g/mol. The van der Waals surface area contributed by atoms with E-state index in [9.17, 15) is 18.0 Å². The highest BCUT2D eigenvalue weighted by atomic mass is 19.4. The van der Waals surface area contributed by atoms with E-state index >= 15 is 0 Å². The summed E-state index contributed by atoms with van der Waals surface area (Å²) in [6.07, 6.45) is -4.44. The van der Waals surface area contributed by atoms with Crippen LogP contribution in [-0.2, 0) is 22.3 Å². The fourth-order valence-electron chi connectivity index (χ4n) is 2.36. The first-order valence-corrected chi connectivity index (χ1v) is 6.62. The van der Waals surface area contributed by atoms with Crippen molar-refractivity contribution in [2.24, 2.45) is 0 Å². The van der Waals surface area contributed by atoms with Gasteiger partial charge in [-0.25, -0.2) is 4.79 Å². The molecule has 1 aromatic carbocycles. The third kappa shape index (κ3) is 4.18. The summed E-state index contributed by atoms with van der Waals surface area (Å²) in [6.45, 7) is 0.392. The first-order chi connectivity index (χ1) is 9.88. The van der Waals surface area contributed by atoms with Crippen LogP contribution in [0.15, 0.2) is 24.3 Å². The van der Waals surface area contributed by atoms with Gasteiger partial charge in [-0.3, -0.25) is 0 Å². The van der Waals surface area contributed by atoms with Crippen molar-refractivity contribution in [3.05, 3.63) is 35.4 Å². The lowest BCUT2D eigenvalue weighted by molar-refractivity contribution is -0.149. The Bertz CT molecular complexity index is 504. The average molecular weight is 303 g/mol. The third-order valence-electron chi connectivity index (χ3n) is 3.39. The zero-order chi connectivity index (χ0) is 15.5. The number of hydrogen-bond acceptors (Lipinski definition) is 3. The first kappa shape index (κ1) is 15.8. The minimum atomic E-state index is -4.38. The summed E-state index contributed by atoms with van der Waals surface area (Å²) < 4.78 is 43.7. The van der Waals surface area contributed by atoms with Crippen LogP contribution in [0.5, 0.6) is 0 Å². The van der Waals surface area contributed by atoms with Crippen LogP contribution < -0.4 is 5.32 Å². The van der Waals surface area contributed by atoms with Gasteiger partial charge in [0.15, 0.2) is 6.10 Å². The Labute approximate surface area is 119 Å². The van der Waals surface area contributed by atoms with E-state index < -0.39 is 23.8 Å². The van der Waals surface area contributed by atoms with E-state index in [1.165, 1.54) is 12.1 Å². The highest BCUT2D eigenvalue weighted by Gasteiger charge is 2.33. The molecular formula is C14H16F3NO3. The fraction of sp³-hybridized carbons (Fsp3) is 0.500. The summed E-state index contributed by atoms with van der Waals surface area (Å²) in [4.78, 5) is 10.7. The number of halogens is 3. The molecule has 0 aliphatic carbocycles. The molecule has 0 amide bonds. The summed E-state index contributed by atoms with van der Waals surface area (Å²) >= 11 is 0. The third-order valence-corrected chi connectivity index (χ3v) is 3.39. The molecule has 0 radical (unpaired) electrons. The molecule has 1 fully saturated rings. The molecule has 0 bridgehead atoms. The molecule has 4 nitrogen and oxygen atoms in total. The Morgan fingerprint density at radius 1 is 1.33 bits per heavy atom. The standard InChI is InChI=1S/C14H16F3NO3/c15-14(16,17)11-4-2-1-3-9(11)7-18-8-10-5-6-12(21-10)13(19)20/h1-4,10,12,18H,5-8H2,(H,19,20). The molecule has 7 heteroatoms. The van der Waals surface area contributed by atoms with Gasteiger partial charge >= 0.3 is 12.1 Å². The quantitative estimate of drug-likeness (QED) is 0.877. The number of aliphatic carboxylic acids is 1. The average Bonchev–Trinajstić information content (AvgIpc) is 2.87. The number of hydrogen-bond donors (Lipinski definition) is 2. The second-order valence-corrected chi connectivity index (χ2v) is 4.95. The van der Waals surface area contributed by atoms with Crippen molar-refractivity contribution >= 4 is 5.97 Å². The lowest BCUT2D eigenvalue weighted by Gasteiger charge is -2.15. The topological polar surface area (TPSA) is 58.6 Å². The normalized spacial score (nSPS) is 22.4. The summed E-state index contributed by atoms with van der Waals surface area (Å²) in [5, 5.41) is 11.7. The van der Waals surface area contributed by atoms with Crippen LogP contribution in [0.4, 0.5) is 13.2 Å². The summed E-state index contributed by atoms with van der Waals surface area (Å²) in [6, 6.07) is 5.37. The van der Waals surface area contributed by atoms with Crippen molar-refractivity contribution in [3.8, 4) is 0 Å². The van der Waals surface area contributed by atoms with Gasteiger partial charge in [-0.05, 0) is 24.5 Å². The molecule has 21 heavy (non-hydrogen) atoms. The molecule has 0 aromatic heterocycles. The highest BCUT2D eigenvalue weighted by Crippen LogP contribution is 2.31. The van der Waals surface area contributed by atoms with Gasteiger partial charge in [0.05, 0.1) is 11.7 Å². The van der Waals surface area contributed by atoms with Gasteiger partial charge in [0.2, 0.25) is 0 Å². The minimum absolute atomic E-state index is 0.0628. The first-order valence-electron chi connectivity index (χ1n) is 6.62. The Kier molecular flexibility index (Phi) is 4.84.